The zero-order chi connectivity index (χ0) is 38.1. The molecule has 4 nitrogen and oxygen atoms in total. The second-order valence-corrected chi connectivity index (χ2v) is 25.3. The van der Waals surface area contributed by atoms with E-state index in [1.54, 1.807) is 7.11 Å². The average molecular weight is 745 g/mol. The molecule has 0 aliphatic heterocycles. The number of aliphatic hydroxyl groups is 1. The van der Waals surface area contributed by atoms with Gasteiger partial charge in [-0.1, -0.05) is 166 Å². The summed E-state index contributed by atoms with van der Waals surface area (Å²) in [4.78, 5) is 0. The van der Waals surface area contributed by atoms with Crippen LogP contribution in [-0.4, -0.2) is 47.4 Å². The Morgan fingerprint density at radius 3 is 1.81 bits per heavy atom. The van der Waals surface area contributed by atoms with Crippen LogP contribution in [0.3, 0.4) is 0 Å². The Kier molecular flexibility index (Phi) is 13.7. The van der Waals surface area contributed by atoms with Gasteiger partial charge in [-0.2, -0.15) is 0 Å². The Morgan fingerprint density at radius 1 is 0.774 bits per heavy atom. The van der Waals surface area contributed by atoms with E-state index in [0.29, 0.717) is 19.6 Å². The highest BCUT2D eigenvalue weighted by Crippen LogP contribution is 2.42. The van der Waals surface area contributed by atoms with Gasteiger partial charge in [-0.3, -0.25) is 0 Å². The number of aliphatic hydroxyl groups excluding tert-OH is 1. The molecule has 1 aliphatic rings. The summed E-state index contributed by atoms with van der Waals surface area (Å²) < 4.78 is 19.7. The van der Waals surface area contributed by atoms with Gasteiger partial charge in [0, 0.05) is 30.3 Å². The van der Waals surface area contributed by atoms with Gasteiger partial charge in [-0.15, -0.1) is 13.2 Å². The van der Waals surface area contributed by atoms with E-state index in [1.807, 2.05) is 24.3 Å². The van der Waals surface area contributed by atoms with Crippen LogP contribution in [0.2, 0.25) is 24.2 Å². The Morgan fingerprint density at radius 2 is 1.32 bits per heavy atom. The fourth-order valence-electron chi connectivity index (χ4n) is 8.42. The summed E-state index contributed by atoms with van der Waals surface area (Å²) >= 11 is 0. The molecule has 0 aromatic heterocycles. The number of allylic oxidation sites excluding steroid dienone is 2. The summed E-state index contributed by atoms with van der Waals surface area (Å²) in [7, 11) is -2.93. The number of ether oxygens (including phenoxy) is 2. The van der Waals surface area contributed by atoms with Crippen LogP contribution in [-0.2, 0) is 15.8 Å². The summed E-state index contributed by atoms with van der Waals surface area (Å²) in [5.41, 5.74) is 1.07. The summed E-state index contributed by atoms with van der Waals surface area (Å²) in [6, 6.07) is 41.4. The minimum atomic E-state index is -2.74. The molecule has 1 aliphatic carbocycles. The minimum Gasteiger partial charge on any atom is -0.497 e. The Labute approximate surface area is 321 Å². The van der Waals surface area contributed by atoms with E-state index in [-0.39, 0.29) is 34.8 Å². The molecule has 0 saturated carbocycles. The lowest BCUT2D eigenvalue weighted by molar-refractivity contribution is -0.0870. The van der Waals surface area contributed by atoms with Crippen molar-refractivity contribution >= 4 is 32.0 Å². The Bertz CT molecular complexity index is 1710. The average Bonchev–Trinajstić information content (AvgIpc) is 3.17. The van der Waals surface area contributed by atoms with Gasteiger partial charge in [-0.25, -0.2) is 0 Å². The van der Waals surface area contributed by atoms with E-state index < -0.39 is 22.5 Å². The number of methoxy groups -OCH3 is 1. The first-order valence-corrected chi connectivity index (χ1v) is 24.2. The van der Waals surface area contributed by atoms with Gasteiger partial charge in [0.15, 0.2) is 0 Å². The SMILES string of the molecule is C=C[C@H]1C=C[C@H](C[Si](C)(C)c2ccccc2)[C@@H](OCc2ccc(OC)cc2)[C@H]1[C@@H](O)[C@@H](C=C)CCO[Si](c1ccccc1)(c1ccccc1)C(C)(C)C. The van der Waals surface area contributed by atoms with E-state index in [0.717, 1.165) is 17.4 Å². The van der Waals surface area contributed by atoms with Crippen molar-refractivity contribution < 1.29 is 19.0 Å². The van der Waals surface area contributed by atoms with Gasteiger partial charge in [0.1, 0.15) is 5.75 Å². The molecule has 0 amide bonds. The molecule has 53 heavy (non-hydrogen) atoms. The van der Waals surface area contributed by atoms with Gasteiger partial charge in [-0.05, 0) is 45.6 Å². The number of hydrogen-bond donors (Lipinski definition) is 1. The van der Waals surface area contributed by atoms with Crippen LogP contribution in [0.5, 0.6) is 5.75 Å². The lowest BCUT2D eigenvalue weighted by atomic mass is 9.70. The normalized spacial score (nSPS) is 20.4. The van der Waals surface area contributed by atoms with E-state index in [9.17, 15) is 5.11 Å². The second-order valence-electron chi connectivity index (χ2n) is 16.2. The molecule has 280 valence electrons. The zero-order valence-corrected chi connectivity index (χ0v) is 34.7. The van der Waals surface area contributed by atoms with E-state index in [1.165, 1.54) is 15.6 Å². The first kappa shape index (κ1) is 40.4. The van der Waals surface area contributed by atoms with Crippen LogP contribution in [0.25, 0.3) is 0 Å². The third kappa shape index (κ3) is 9.30. The predicted octanol–water partition coefficient (Wildman–Crippen LogP) is 8.93. The number of rotatable bonds is 17. The molecule has 0 spiro atoms. The first-order chi connectivity index (χ1) is 25.4. The minimum absolute atomic E-state index is 0.0522. The molecule has 1 N–H and O–H groups in total. The Balaban J connectivity index is 1.44. The molecule has 6 atom stereocenters. The molecule has 0 saturated heterocycles. The molecule has 0 unspecified atom stereocenters. The molecule has 0 bridgehead atoms. The molecular weight excluding hydrogens is 685 g/mol. The third-order valence-corrected chi connectivity index (χ3v) is 19.8. The maximum Gasteiger partial charge on any atom is 0.261 e. The van der Waals surface area contributed by atoms with Crippen LogP contribution in [0, 0.1) is 23.7 Å². The predicted molar refractivity (Wildman–Crippen MR) is 228 cm³/mol. The molecule has 0 fully saturated rings. The van der Waals surface area contributed by atoms with Crippen molar-refractivity contribution in [1.29, 1.82) is 0 Å². The lowest BCUT2D eigenvalue weighted by Gasteiger charge is -2.45. The summed E-state index contributed by atoms with van der Waals surface area (Å²) in [5.74, 6) is 0.474. The highest BCUT2D eigenvalue weighted by Gasteiger charge is 2.50. The van der Waals surface area contributed by atoms with Crippen molar-refractivity contribution in [2.45, 2.75) is 70.2 Å². The molecule has 4 aromatic carbocycles. The second kappa shape index (κ2) is 18.0. The van der Waals surface area contributed by atoms with Crippen molar-refractivity contribution in [2.75, 3.05) is 13.7 Å². The summed E-state index contributed by atoms with van der Waals surface area (Å²) in [6.07, 6.45) is 8.19. The highest BCUT2D eigenvalue weighted by atomic mass is 28.4. The van der Waals surface area contributed by atoms with Crippen molar-refractivity contribution in [3.63, 3.8) is 0 Å². The summed E-state index contributed by atoms with van der Waals surface area (Å²) in [5, 5.41) is 16.3. The fraction of sp³-hybridized carbons (Fsp3) is 0.362. The molecule has 6 heteroatoms. The smallest absolute Gasteiger partial charge is 0.261 e. The van der Waals surface area contributed by atoms with Crippen LogP contribution in [0.4, 0.5) is 0 Å². The van der Waals surface area contributed by atoms with Crippen molar-refractivity contribution in [2.24, 2.45) is 23.7 Å². The number of benzene rings is 4. The molecular formula is C47H60O4Si2. The van der Waals surface area contributed by atoms with E-state index in [4.69, 9.17) is 13.9 Å². The van der Waals surface area contributed by atoms with Gasteiger partial charge < -0.3 is 19.0 Å². The molecule has 4 aromatic rings. The van der Waals surface area contributed by atoms with Crippen LogP contribution in [0.15, 0.2) is 153 Å². The quantitative estimate of drug-likeness (QED) is 0.0867. The molecule has 0 heterocycles. The Hall–Kier alpha value is -3.79. The maximum atomic E-state index is 12.5. The zero-order valence-electron chi connectivity index (χ0n) is 32.7. The first-order valence-electron chi connectivity index (χ1n) is 19.1. The van der Waals surface area contributed by atoms with Gasteiger partial charge >= 0.3 is 0 Å². The summed E-state index contributed by atoms with van der Waals surface area (Å²) in [6.45, 7) is 21.2. The van der Waals surface area contributed by atoms with E-state index in [2.05, 4.69) is 162 Å². The van der Waals surface area contributed by atoms with Gasteiger partial charge in [0.25, 0.3) is 8.32 Å². The third-order valence-electron chi connectivity index (χ3n) is 11.3. The van der Waals surface area contributed by atoms with Crippen molar-refractivity contribution in [3.8, 4) is 5.75 Å². The monoisotopic (exact) mass is 744 g/mol. The van der Waals surface area contributed by atoms with Gasteiger partial charge in [0.2, 0.25) is 0 Å². The van der Waals surface area contributed by atoms with Crippen LogP contribution >= 0.6 is 0 Å². The fourth-order valence-corrected chi connectivity index (χ4v) is 15.9. The van der Waals surface area contributed by atoms with E-state index >= 15 is 0 Å². The largest absolute Gasteiger partial charge is 0.497 e. The van der Waals surface area contributed by atoms with Crippen LogP contribution in [0.1, 0.15) is 32.8 Å². The number of hydrogen-bond acceptors (Lipinski definition) is 4. The standard InChI is InChI=1S/C47H60O4Si2/c1-9-37-28-29-39(35-52(7,8)41-20-14-11-15-21-41)46(50-34-36-26-30-40(49-6)31-27-36)44(37)45(48)38(10-2)32-33-51-53(47(3,4)5,42-22-16-12-17-23-42)43-24-18-13-19-25-43/h9-31,37-39,44-46,48H,1-2,32-35H2,3-8H3/t37-,38-,39+,44+,45-,46+/m0/s1. The lowest BCUT2D eigenvalue weighted by Crippen LogP contribution is -2.66. The topological polar surface area (TPSA) is 47.9 Å². The van der Waals surface area contributed by atoms with Crippen molar-refractivity contribution in [3.05, 3.63) is 158 Å². The maximum absolute atomic E-state index is 12.5. The van der Waals surface area contributed by atoms with Gasteiger partial charge in [0.05, 0.1) is 34.0 Å². The highest BCUT2D eigenvalue weighted by molar-refractivity contribution is 6.99. The van der Waals surface area contributed by atoms with Crippen molar-refractivity contribution in [1.82, 2.24) is 0 Å². The van der Waals surface area contributed by atoms with Crippen LogP contribution < -0.4 is 20.3 Å². The molecule has 0 radical (unpaired) electrons. The molecule has 5 rings (SSSR count).